The second kappa shape index (κ2) is 9.02. The van der Waals surface area contributed by atoms with Crippen LogP contribution in [0.2, 0.25) is 0 Å². The Bertz CT molecular complexity index is 932. The maximum Gasteiger partial charge on any atom is 0.267 e. The number of halogens is 1. The van der Waals surface area contributed by atoms with Gasteiger partial charge in [-0.25, -0.2) is 10.5 Å². The highest BCUT2D eigenvalue weighted by Gasteiger charge is 2.13. The van der Waals surface area contributed by atoms with Crippen LogP contribution in [0.5, 0.6) is 5.75 Å². The third kappa shape index (κ3) is 4.55. The molecule has 1 amide bonds. The van der Waals surface area contributed by atoms with Crippen LogP contribution in [0.3, 0.4) is 0 Å². The van der Waals surface area contributed by atoms with Crippen molar-refractivity contribution in [2.45, 2.75) is 0 Å². The largest absolute Gasteiger partial charge is 0.497 e. The number of benzene rings is 2. The van der Waals surface area contributed by atoms with E-state index >= 15 is 0 Å². The van der Waals surface area contributed by atoms with Crippen LogP contribution in [0.1, 0.15) is 5.56 Å². The minimum atomic E-state index is -0.567. The molecule has 0 radical (unpaired) electrons. The molecular weight excluding hydrogens is 366 g/mol. The molecule has 140 valence electrons. The predicted octanol–water partition coefficient (Wildman–Crippen LogP) is 3.70. The number of rotatable bonds is 5. The first-order valence-corrected chi connectivity index (χ1v) is 8.00. The van der Waals surface area contributed by atoms with E-state index in [4.69, 9.17) is 9.94 Å². The molecule has 0 aliphatic heterocycles. The molecule has 0 atom stereocenters. The number of ether oxygens (including phenoxy) is 1. The fourth-order valence-electron chi connectivity index (χ4n) is 2.69. The number of aryl methyl sites for hydroxylation is 1. The average molecular weight is 386 g/mol. The Hall–Kier alpha value is -3.09. The third-order valence-corrected chi connectivity index (χ3v) is 4.02. The highest BCUT2D eigenvalue weighted by Crippen LogP contribution is 2.31. The summed E-state index contributed by atoms with van der Waals surface area (Å²) in [6.45, 7) is 0. The quantitative estimate of drug-likeness (QED) is 0.399. The van der Waals surface area contributed by atoms with Crippen LogP contribution in [-0.2, 0) is 11.8 Å². The van der Waals surface area contributed by atoms with E-state index in [1.807, 2.05) is 60.1 Å². The van der Waals surface area contributed by atoms with Gasteiger partial charge < -0.3 is 9.30 Å². The lowest BCUT2D eigenvalue weighted by atomic mass is 10.0. The molecule has 0 saturated heterocycles. The Labute approximate surface area is 163 Å². The van der Waals surface area contributed by atoms with E-state index in [2.05, 4.69) is 4.98 Å². The normalized spacial score (nSPS) is 10.5. The van der Waals surface area contributed by atoms with Crippen LogP contribution >= 0.6 is 12.4 Å². The molecule has 0 bridgehead atoms. The van der Waals surface area contributed by atoms with Crippen molar-refractivity contribution in [1.82, 2.24) is 15.0 Å². The Kier molecular flexibility index (Phi) is 6.76. The number of hydrogen-bond donors (Lipinski definition) is 2. The Morgan fingerprint density at radius 1 is 1.11 bits per heavy atom. The van der Waals surface area contributed by atoms with E-state index < -0.39 is 5.91 Å². The summed E-state index contributed by atoms with van der Waals surface area (Å²) >= 11 is 0. The molecule has 27 heavy (non-hydrogen) atoms. The van der Waals surface area contributed by atoms with Gasteiger partial charge in [0.2, 0.25) is 0 Å². The molecule has 1 aromatic heterocycles. The zero-order valence-corrected chi connectivity index (χ0v) is 15.7. The standard InChI is InChI=1S/C20H19N3O3.ClH/c1-23-13-21-19(15-8-10-17(26-2)11-9-15)20(23)16-6-3-14(4-7-16)5-12-18(24)22-25;/h3-13,25H,1-2H3,(H,22,24);1H. The molecule has 0 aliphatic rings. The van der Waals surface area contributed by atoms with Crippen molar-refractivity contribution in [3.05, 3.63) is 66.5 Å². The summed E-state index contributed by atoms with van der Waals surface area (Å²) in [5.41, 5.74) is 6.32. The van der Waals surface area contributed by atoms with Crippen LogP contribution in [0, 0.1) is 0 Å². The summed E-state index contributed by atoms with van der Waals surface area (Å²) in [5.74, 6) is 0.233. The molecule has 0 fully saturated rings. The van der Waals surface area contributed by atoms with Crippen molar-refractivity contribution in [2.24, 2.45) is 7.05 Å². The van der Waals surface area contributed by atoms with Gasteiger partial charge in [-0.15, -0.1) is 12.4 Å². The molecular formula is C20H20ClN3O3. The summed E-state index contributed by atoms with van der Waals surface area (Å²) in [4.78, 5) is 15.6. The van der Waals surface area contributed by atoms with Gasteiger partial charge in [0.1, 0.15) is 5.75 Å². The lowest BCUT2D eigenvalue weighted by molar-refractivity contribution is -0.124. The fraction of sp³-hybridized carbons (Fsp3) is 0.100. The molecule has 0 saturated carbocycles. The summed E-state index contributed by atoms with van der Waals surface area (Å²) in [5, 5.41) is 8.52. The lowest BCUT2D eigenvalue weighted by Crippen LogP contribution is -2.14. The summed E-state index contributed by atoms with van der Waals surface area (Å²) in [6, 6.07) is 15.5. The number of methoxy groups -OCH3 is 1. The molecule has 3 rings (SSSR count). The number of nitrogens with zero attached hydrogens (tertiary/aromatic N) is 2. The SMILES string of the molecule is COc1ccc(-c2ncn(C)c2-c2ccc(C=CC(=O)NO)cc2)cc1.Cl. The first-order chi connectivity index (χ1) is 12.6. The molecule has 6 nitrogen and oxygen atoms in total. The van der Waals surface area contributed by atoms with Gasteiger partial charge in [0.15, 0.2) is 0 Å². The number of nitrogens with one attached hydrogen (secondary N) is 1. The van der Waals surface area contributed by atoms with Gasteiger partial charge in [0.25, 0.3) is 5.91 Å². The molecule has 3 aromatic rings. The number of amides is 1. The zero-order chi connectivity index (χ0) is 18.5. The Morgan fingerprint density at radius 2 is 1.74 bits per heavy atom. The molecule has 7 heteroatoms. The Morgan fingerprint density at radius 3 is 2.33 bits per heavy atom. The van der Waals surface area contributed by atoms with E-state index in [9.17, 15) is 4.79 Å². The van der Waals surface area contributed by atoms with Gasteiger partial charge in [-0.05, 0) is 35.9 Å². The highest BCUT2D eigenvalue weighted by molar-refractivity contribution is 5.91. The second-order valence-corrected chi connectivity index (χ2v) is 5.71. The number of aromatic nitrogens is 2. The van der Waals surface area contributed by atoms with Crippen molar-refractivity contribution in [1.29, 1.82) is 0 Å². The number of carbonyl (C=O) groups is 1. The van der Waals surface area contributed by atoms with Crippen LogP contribution in [0.25, 0.3) is 28.6 Å². The van der Waals surface area contributed by atoms with E-state index in [-0.39, 0.29) is 12.4 Å². The molecule has 0 spiro atoms. The van der Waals surface area contributed by atoms with E-state index in [0.29, 0.717) is 0 Å². The van der Waals surface area contributed by atoms with Crippen LogP contribution in [0.4, 0.5) is 0 Å². The van der Waals surface area contributed by atoms with Gasteiger partial charge >= 0.3 is 0 Å². The first kappa shape index (κ1) is 20.2. The van der Waals surface area contributed by atoms with E-state index in [0.717, 1.165) is 33.8 Å². The Balaban J connectivity index is 0.00000261. The average Bonchev–Trinajstić information content (AvgIpc) is 3.08. The van der Waals surface area contributed by atoms with Gasteiger partial charge in [-0.3, -0.25) is 10.0 Å². The molecule has 2 aromatic carbocycles. The number of hydroxylamine groups is 1. The van der Waals surface area contributed by atoms with Crippen molar-refractivity contribution in [2.75, 3.05) is 7.11 Å². The number of imidazole rings is 1. The van der Waals surface area contributed by atoms with E-state index in [1.54, 1.807) is 25.0 Å². The summed E-state index contributed by atoms with van der Waals surface area (Å²) < 4.78 is 7.19. The number of carbonyl (C=O) groups excluding carboxylic acids is 1. The van der Waals surface area contributed by atoms with Crippen molar-refractivity contribution < 1.29 is 14.7 Å². The fourth-order valence-corrected chi connectivity index (χ4v) is 2.69. The summed E-state index contributed by atoms with van der Waals surface area (Å²) in [6.07, 6.45) is 4.68. The van der Waals surface area contributed by atoms with Crippen LogP contribution in [0.15, 0.2) is 60.9 Å². The van der Waals surface area contributed by atoms with Crippen LogP contribution < -0.4 is 10.2 Å². The highest BCUT2D eigenvalue weighted by atomic mass is 35.5. The van der Waals surface area contributed by atoms with Gasteiger partial charge in [-0.2, -0.15) is 0 Å². The van der Waals surface area contributed by atoms with Crippen LogP contribution in [-0.4, -0.2) is 27.8 Å². The first-order valence-electron chi connectivity index (χ1n) is 8.00. The van der Waals surface area contributed by atoms with Gasteiger partial charge in [-0.1, -0.05) is 24.3 Å². The molecule has 2 N–H and O–H groups in total. The molecule has 1 heterocycles. The monoisotopic (exact) mass is 385 g/mol. The van der Waals surface area contributed by atoms with Crippen molar-refractivity contribution >= 4 is 24.4 Å². The van der Waals surface area contributed by atoms with Gasteiger partial charge in [0, 0.05) is 24.3 Å². The zero-order valence-electron chi connectivity index (χ0n) is 14.9. The molecule has 0 unspecified atom stereocenters. The predicted molar refractivity (Wildman–Crippen MR) is 107 cm³/mol. The lowest BCUT2D eigenvalue weighted by Gasteiger charge is -2.08. The van der Waals surface area contributed by atoms with Crippen molar-refractivity contribution in [3.63, 3.8) is 0 Å². The second-order valence-electron chi connectivity index (χ2n) is 5.71. The minimum Gasteiger partial charge on any atom is -0.497 e. The maximum atomic E-state index is 11.1. The third-order valence-electron chi connectivity index (χ3n) is 4.02. The van der Waals surface area contributed by atoms with Crippen molar-refractivity contribution in [3.8, 4) is 28.3 Å². The minimum absolute atomic E-state index is 0. The topological polar surface area (TPSA) is 76.4 Å². The smallest absolute Gasteiger partial charge is 0.267 e. The molecule has 0 aliphatic carbocycles. The maximum absolute atomic E-state index is 11.1. The van der Waals surface area contributed by atoms with E-state index in [1.165, 1.54) is 6.08 Å². The summed E-state index contributed by atoms with van der Waals surface area (Å²) in [7, 11) is 3.59. The number of hydrogen-bond acceptors (Lipinski definition) is 4. The van der Waals surface area contributed by atoms with Gasteiger partial charge in [0.05, 0.1) is 24.8 Å².